The maximum Gasteiger partial charge on any atom is 0.326 e. The first-order valence-corrected chi connectivity index (χ1v) is 27.2. The number of nitrogens with two attached hydrogens (primary N) is 3. The monoisotopic (exact) mass is 1100 g/mol. The molecule has 0 radical (unpaired) electrons. The molecule has 0 bridgehead atoms. The molecule has 0 aromatic heterocycles. The molecule has 430 valence electrons. The lowest BCUT2D eigenvalue weighted by Crippen LogP contribution is -2.61. The summed E-state index contributed by atoms with van der Waals surface area (Å²) in [6, 6.07) is -2.68. The molecule has 0 aliphatic carbocycles. The van der Waals surface area contributed by atoms with Crippen LogP contribution in [0.3, 0.4) is 0 Å². The second-order valence-electron chi connectivity index (χ2n) is 19.5. The molecule has 0 saturated carbocycles. The third-order valence-electron chi connectivity index (χ3n) is 12.6. The predicted molar refractivity (Wildman–Crippen MR) is 287 cm³/mol. The van der Waals surface area contributed by atoms with E-state index in [1.807, 2.05) is 0 Å². The minimum Gasteiger partial charge on any atom is -0.481 e. The van der Waals surface area contributed by atoms with Crippen molar-refractivity contribution < 1.29 is 63.0 Å². The molecule has 16 N–H and O–H groups in total. The van der Waals surface area contributed by atoms with Gasteiger partial charge in [0.2, 0.25) is 53.2 Å². The van der Waals surface area contributed by atoms with E-state index >= 15 is 0 Å². The standard InChI is InChI=1S/C50H81N13O13S/c1-8-28(4)40(48(74)63-22-13-17-37(63)49(75)76)62-45(71)32(16-12-21-54-50(52)53)58-43(69)33(18-19-39(65)66)59-46(72)35(24-27(2)3)60-47(73)36(25-31-14-10-9-11-15-31)61-44(70)34(20-23-77-7)57-42(68)30(6)56-38(64)26-55-41(67)29(5)51/h9-11,14-15,27-30,32-37,40H,8,12-13,16-26,51H2,1-7H3,(H,55,67)(H,56,64)(H,57,68)(H,58,69)(H,59,72)(H,60,73)(H,61,70)(H,62,71)(H,65,66)(H,75,76)(H4,52,53,54)/t28-,29-,30-,32-,33-,34-,35-,36-,37-,40-/m0/s1. The fourth-order valence-electron chi connectivity index (χ4n) is 8.05. The van der Waals surface area contributed by atoms with Crippen molar-refractivity contribution in [3.63, 3.8) is 0 Å². The molecule has 77 heavy (non-hydrogen) atoms. The van der Waals surface area contributed by atoms with Crippen LogP contribution in [0.5, 0.6) is 0 Å². The Hall–Kier alpha value is -7.03. The van der Waals surface area contributed by atoms with E-state index < -0.39 is 145 Å². The Bertz CT molecular complexity index is 2220. The number of nitrogens with zero attached hydrogens (tertiary/aromatic N) is 2. The lowest BCUT2D eigenvalue weighted by molar-refractivity contribution is -0.150. The van der Waals surface area contributed by atoms with Crippen LogP contribution in [0.15, 0.2) is 35.3 Å². The largest absolute Gasteiger partial charge is 0.481 e. The Labute approximate surface area is 453 Å². The van der Waals surface area contributed by atoms with Crippen molar-refractivity contribution in [2.24, 2.45) is 34.0 Å². The molecule has 1 fully saturated rings. The Morgan fingerprint density at radius 1 is 0.714 bits per heavy atom. The summed E-state index contributed by atoms with van der Waals surface area (Å²) in [5.74, 6) is -10.0. The third-order valence-corrected chi connectivity index (χ3v) is 13.2. The van der Waals surface area contributed by atoms with Crippen molar-refractivity contribution in [1.29, 1.82) is 0 Å². The number of carboxylic acid groups (broad SMARTS) is 2. The number of amides is 9. The van der Waals surface area contributed by atoms with Gasteiger partial charge in [-0.2, -0.15) is 11.8 Å². The molecular weight excluding hydrogens is 1020 g/mol. The van der Waals surface area contributed by atoms with Crippen LogP contribution >= 0.6 is 11.8 Å². The number of hydrogen-bond acceptors (Lipinski definition) is 14. The molecule has 9 amide bonds. The highest BCUT2D eigenvalue weighted by atomic mass is 32.2. The topological polar surface area (TPSA) is 418 Å². The number of benzene rings is 1. The molecule has 0 spiro atoms. The summed E-state index contributed by atoms with van der Waals surface area (Å²) in [6.07, 6.45) is 1.78. The summed E-state index contributed by atoms with van der Waals surface area (Å²) in [4.78, 5) is 152. The van der Waals surface area contributed by atoms with Crippen molar-refractivity contribution in [2.75, 3.05) is 31.6 Å². The number of rotatable bonds is 34. The van der Waals surface area contributed by atoms with E-state index in [2.05, 4.69) is 47.5 Å². The second kappa shape index (κ2) is 33.9. The molecule has 10 atom stereocenters. The summed E-state index contributed by atoms with van der Waals surface area (Å²) in [7, 11) is 0. The quantitative estimate of drug-likeness (QED) is 0.0201. The van der Waals surface area contributed by atoms with Gasteiger partial charge in [-0.15, -0.1) is 0 Å². The van der Waals surface area contributed by atoms with E-state index in [-0.39, 0.29) is 63.5 Å². The number of guanidine groups is 1. The lowest BCUT2D eigenvalue weighted by Gasteiger charge is -2.32. The number of aliphatic imine (C=N–C) groups is 1. The number of likely N-dealkylation sites (tertiary alicyclic amines) is 1. The van der Waals surface area contributed by atoms with Crippen molar-refractivity contribution in [3.8, 4) is 0 Å². The molecular formula is C50H81N13O13S. The molecule has 1 saturated heterocycles. The maximum atomic E-state index is 14.4. The zero-order valence-electron chi connectivity index (χ0n) is 45.1. The molecule has 1 aromatic carbocycles. The van der Waals surface area contributed by atoms with Crippen LogP contribution in [-0.4, -0.2) is 172 Å². The number of carboxylic acids is 2. The van der Waals surface area contributed by atoms with Crippen LogP contribution in [0, 0.1) is 11.8 Å². The SMILES string of the molecule is CC[C@H](C)[C@H](NC(=O)[C@H](CCCN=C(N)N)NC(=O)[C@H](CCC(=O)O)NC(=O)[C@H](CC(C)C)NC(=O)[C@H](Cc1ccccc1)NC(=O)[C@H](CCSC)NC(=O)[C@H](C)NC(=O)CNC(=O)[C@H](C)N)C(=O)N1CCC[C@H]1C(=O)O. The van der Waals surface area contributed by atoms with Crippen LogP contribution in [-0.2, 0) is 59.2 Å². The summed E-state index contributed by atoms with van der Waals surface area (Å²) in [5, 5.41) is 40.2. The molecule has 1 aromatic rings. The molecule has 1 aliphatic heterocycles. The Morgan fingerprint density at radius 3 is 1.82 bits per heavy atom. The average molecular weight is 1100 g/mol. The highest BCUT2D eigenvalue weighted by Gasteiger charge is 2.41. The third kappa shape index (κ3) is 23.8. The summed E-state index contributed by atoms with van der Waals surface area (Å²) in [5.41, 5.74) is 17.1. The number of carbonyl (C=O) groups is 11. The van der Waals surface area contributed by atoms with Gasteiger partial charge in [-0.3, -0.25) is 52.9 Å². The van der Waals surface area contributed by atoms with E-state index in [1.165, 1.54) is 30.5 Å². The maximum absolute atomic E-state index is 14.4. The van der Waals surface area contributed by atoms with Gasteiger partial charge in [0, 0.05) is 25.9 Å². The van der Waals surface area contributed by atoms with Gasteiger partial charge < -0.3 is 74.8 Å². The Morgan fingerprint density at radius 2 is 1.26 bits per heavy atom. The van der Waals surface area contributed by atoms with Crippen LogP contribution < -0.4 is 59.7 Å². The lowest BCUT2D eigenvalue weighted by atomic mass is 9.96. The number of thioether (sulfide) groups is 1. The molecule has 1 heterocycles. The van der Waals surface area contributed by atoms with Crippen molar-refractivity contribution in [2.45, 2.75) is 160 Å². The van der Waals surface area contributed by atoms with Gasteiger partial charge in [-0.25, -0.2) is 4.79 Å². The Balaban J connectivity index is 2.46. The minimum atomic E-state index is -1.60. The predicted octanol–water partition coefficient (Wildman–Crippen LogP) is -2.05. The molecule has 27 heteroatoms. The normalized spacial score (nSPS) is 16.5. The summed E-state index contributed by atoms with van der Waals surface area (Å²) >= 11 is 1.38. The zero-order valence-corrected chi connectivity index (χ0v) is 45.9. The first kappa shape index (κ1) is 66.1. The summed E-state index contributed by atoms with van der Waals surface area (Å²) < 4.78 is 0. The van der Waals surface area contributed by atoms with Gasteiger partial charge in [-0.05, 0) is 88.2 Å². The number of hydrogen-bond donors (Lipinski definition) is 13. The molecule has 0 unspecified atom stereocenters. The first-order valence-electron chi connectivity index (χ1n) is 25.8. The highest BCUT2D eigenvalue weighted by molar-refractivity contribution is 7.98. The molecule has 1 aliphatic rings. The van der Waals surface area contributed by atoms with Gasteiger partial charge in [0.05, 0.1) is 12.6 Å². The minimum absolute atomic E-state index is 0.0115. The van der Waals surface area contributed by atoms with Gasteiger partial charge in [0.25, 0.3) is 0 Å². The smallest absolute Gasteiger partial charge is 0.326 e. The van der Waals surface area contributed by atoms with E-state index in [9.17, 15) is 63.0 Å². The van der Waals surface area contributed by atoms with E-state index in [0.29, 0.717) is 24.2 Å². The average Bonchev–Trinajstić information content (AvgIpc) is 3.88. The number of nitrogens with one attached hydrogen (secondary N) is 8. The Kier molecular flexibility index (Phi) is 29.1. The number of carbonyl (C=O) groups excluding carboxylic acids is 9. The molecule has 2 rings (SSSR count). The van der Waals surface area contributed by atoms with E-state index in [1.54, 1.807) is 64.3 Å². The first-order chi connectivity index (χ1) is 36.3. The number of aliphatic carboxylic acids is 2. The van der Waals surface area contributed by atoms with Gasteiger partial charge in [0.1, 0.15) is 48.3 Å². The summed E-state index contributed by atoms with van der Waals surface area (Å²) in [6.45, 7) is 9.55. The second-order valence-corrected chi connectivity index (χ2v) is 20.5. The van der Waals surface area contributed by atoms with Crippen LogP contribution in [0.2, 0.25) is 0 Å². The van der Waals surface area contributed by atoms with Gasteiger partial charge in [0.15, 0.2) is 5.96 Å². The fourth-order valence-corrected chi connectivity index (χ4v) is 8.52. The molecule has 26 nitrogen and oxygen atoms in total. The van der Waals surface area contributed by atoms with Crippen molar-refractivity contribution in [1.82, 2.24) is 47.4 Å². The zero-order chi connectivity index (χ0) is 57.9. The van der Waals surface area contributed by atoms with Gasteiger partial charge in [-0.1, -0.05) is 64.4 Å². The van der Waals surface area contributed by atoms with E-state index in [4.69, 9.17) is 17.2 Å². The van der Waals surface area contributed by atoms with Crippen molar-refractivity contribution in [3.05, 3.63) is 35.9 Å². The van der Waals surface area contributed by atoms with Gasteiger partial charge >= 0.3 is 11.9 Å². The fraction of sp³-hybridized carbons (Fsp3) is 0.640. The van der Waals surface area contributed by atoms with Crippen molar-refractivity contribution >= 4 is 82.8 Å². The van der Waals surface area contributed by atoms with E-state index in [0.717, 1.165) is 0 Å². The van der Waals surface area contributed by atoms with Crippen LogP contribution in [0.25, 0.3) is 0 Å². The highest BCUT2D eigenvalue weighted by Crippen LogP contribution is 2.22. The van der Waals surface area contributed by atoms with Crippen LogP contribution in [0.4, 0.5) is 0 Å². The van der Waals surface area contributed by atoms with Crippen LogP contribution in [0.1, 0.15) is 105 Å².